The average molecular weight is 246 g/mol. The van der Waals surface area contributed by atoms with Crippen molar-refractivity contribution >= 4 is 17.9 Å². The molecule has 0 spiro atoms. The van der Waals surface area contributed by atoms with E-state index in [1.54, 1.807) is 0 Å². The van der Waals surface area contributed by atoms with Crippen LogP contribution in [-0.4, -0.2) is 24.8 Å². The number of hydrogen-bond donors (Lipinski definition) is 2. The fraction of sp³-hybridized carbons (Fsp3) is 0.429. The highest BCUT2D eigenvalue weighted by atomic mass is 16.1. The Bertz CT molecular complexity index is 414. The maximum atomic E-state index is 11.1. The van der Waals surface area contributed by atoms with Crippen molar-refractivity contribution in [2.24, 2.45) is 0 Å². The molecule has 1 saturated carbocycles. The van der Waals surface area contributed by atoms with Crippen LogP contribution in [-0.2, 0) is 16.0 Å². The number of nitrogens with one attached hydrogen (secondary N) is 2. The lowest BCUT2D eigenvalue weighted by atomic mass is 10.1. The maximum absolute atomic E-state index is 11.1. The zero-order valence-electron chi connectivity index (χ0n) is 10.3. The first-order valence-electron chi connectivity index (χ1n) is 6.32. The minimum Gasteiger partial charge on any atom is -0.329 e. The van der Waals surface area contributed by atoms with Crippen LogP contribution in [0.15, 0.2) is 24.3 Å². The van der Waals surface area contributed by atoms with E-state index in [0.29, 0.717) is 24.7 Å². The first-order valence-corrected chi connectivity index (χ1v) is 6.32. The largest absolute Gasteiger partial charge is 0.329 e. The predicted octanol–water partition coefficient (Wildman–Crippen LogP) is 1.51. The lowest BCUT2D eigenvalue weighted by molar-refractivity contribution is -0.117. The molecule has 1 atom stereocenters. The number of carbonyl (C=O) groups is 2. The molecule has 1 aromatic rings. The van der Waals surface area contributed by atoms with Crippen LogP contribution in [0.1, 0.15) is 24.8 Å². The Morgan fingerprint density at radius 1 is 1.28 bits per heavy atom. The van der Waals surface area contributed by atoms with Crippen LogP contribution >= 0.6 is 0 Å². The van der Waals surface area contributed by atoms with Gasteiger partial charge in [-0.2, -0.15) is 0 Å². The third-order valence-corrected chi connectivity index (χ3v) is 3.27. The van der Waals surface area contributed by atoms with Gasteiger partial charge in [-0.25, -0.2) is 0 Å². The number of rotatable bonds is 6. The van der Waals surface area contributed by atoms with Crippen LogP contribution in [0.25, 0.3) is 0 Å². The Labute approximate surface area is 107 Å². The molecule has 0 heterocycles. The van der Waals surface area contributed by atoms with Gasteiger partial charge in [0.15, 0.2) is 0 Å². The van der Waals surface area contributed by atoms with Crippen molar-refractivity contribution in [1.29, 1.82) is 0 Å². The second-order valence-electron chi connectivity index (χ2n) is 4.64. The van der Waals surface area contributed by atoms with E-state index < -0.39 is 0 Å². The van der Waals surface area contributed by atoms with Gasteiger partial charge in [-0.05, 0) is 37.1 Å². The normalized spacial score (nSPS) is 18.9. The lowest BCUT2D eigenvalue weighted by Crippen LogP contribution is -2.28. The molecule has 1 unspecified atom stereocenters. The molecule has 1 fully saturated rings. The highest BCUT2D eigenvalue weighted by molar-refractivity contribution is 5.81. The number of ketones is 1. The SMILES string of the molecule is O=CNc1ccc(CCNC2CCC(=O)C2)cc1. The third kappa shape index (κ3) is 3.67. The van der Waals surface area contributed by atoms with Gasteiger partial charge in [0.25, 0.3) is 0 Å². The summed E-state index contributed by atoms with van der Waals surface area (Å²) < 4.78 is 0. The van der Waals surface area contributed by atoms with Gasteiger partial charge in [-0.15, -0.1) is 0 Å². The van der Waals surface area contributed by atoms with E-state index in [-0.39, 0.29) is 0 Å². The van der Waals surface area contributed by atoms with Crippen molar-refractivity contribution in [1.82, 2.24) is 5.32 Å². The molecule has 2 rings (SSSR count). The highest BCUT2D eigenvalue weighted by Crippen LogP contribution is 2.14. The van der Waals surface area contributed by atoms with Crippen LogP contribution in [0.2, 0.25) is 0 Å². The van der Waals surface area contributed by atoms with E-state index in [0.717, 1.165) is 31.5 Å². The molecule has 96 valence electrons. The zero-order chi connectivity index (χ0) is 12.8. The highest BCUT2D eigenvalue weighted by Gasteiger charge is 2.20. The summed E-state index contributed by atoms with van der Waals surface area (Å²) in [4.78, 5) is 21.4. The quantitative estimate of drug-likeness (QED) is 0.748. The maximum Gasteiger partial charge on any atom is 0.211 e. The Morgan fingerprint density at radius 3 is 2.67 bits per heavy atom. The number of benzene rings is 1. The van der Waals surface area contributed by atoms with Gasteiger partial charge in [0.2, 0.25) is 6.41 Å². The van der Waals surface area contributed by atoms with Gasteiger partial charge in [0, 0.05) is 24.6 Å². The number of anilines is 1. The van der Waals surface area contributed by atoms with Gasteiger partial charge in [0.05, 0.1) is 0 Å². The molecular weight excluding hydrogens is 228 g/mol. The van der Waals surface area contributed by atoms with E-state index in [1.807, 2.05) is 24.3 Å². The van der Waals surface area contributed by atoms with Gasteiger partial charge in [0.1, 0.15) is 5.78 Å². The summed E-state index contributed by atoms with van der Waals surface area (Å²) in [7, 11) is 0. The van der Waals surface area contributed by atoms with E-state index in [9.17, 15) is 9.59 Å². The second kappa shape index (κ2) is 6.31. The summed E-state index contributed by atoms with van der Waals surface area (Å²) in [6.45, 7) is 0.887. The molecule has 1 aliphatic carbocycles. The smallest absolute Gasteiger partial charge is 0.211 e. The van der Waals surface area contributed by atoms with E-state index in [2.05, 4.69) is 10.6 Å². The van der Waals surface area contributed by atoms with Gasteiger partial charge < -0.3 is 10.6 Å². The molecule has 18 heavy (non-hydrogen) atoms. The van der Waals surface area contributed by atoms with Crippen LogP contribution in [0.4, 0.5) is 5.69 Å². The molecule has 0 radical (unpaired) electrons. The Hall–Kier alpha value is -1.68. The van der Waals surface area contributed by atoms with E-state index in [4.69, 9.17) is 0 Å². The zero-order valence-corrected chi connectivity index (χ0v) is 10.3. The summed E-state index contributed by atoms with van der Waals surface area (Å²) in [5, 5.41) is 6.01. The molecule has 1 aliphatic rings. The molecule has 4 nitrogen and oxygen atoms in total. The molecule has 0 aromatic heterocycles. The molecule has 2 N–H and O–H groups in total. The first-order chi connectivity index (χ1) is 8.78. The molecule has 4 heteroatoms. The summed E-state index contributed by atoms with van der Waals surface area (Å²) in [6, 6.07) is 8.17. The molecule has 0 bridgehead atoms. The second-order valence-corrected chi connectivity index (χ2v) is 4.64. The molecule has 0 saturated heterocycles. The number of hydrogen-bond acceptors (Lipinski definition) is 3. The third-order valence-electron chi connectivity index (χ3n) is 3.27. The molecule has 1 aromatic carbocycles. The van der Waals surface area contributed by atoms with E-state index >= 15 is 0 Å². The predicted molar refractivity (Wildman–Crippen MR) is 70.5 cm³/mol. The summed E-state index contributed by atoms with van der Waals surface area (Å²) in [5.41, 5.74) is 2.03. The van der Waals surface area contributed by atoms with Crippen molar-refractivity contribution in [2.45, 2.75) is 31.7 Å². The average Bonchev–Trinajstić information content (AvgIpc) is 2.78. The summed E-state index contributed by atoms with van der Waals surface area (Å²) in [5.74, 6) is 0.372. The van der Waals surface area contributed by atoms with Crippen LogP contribution < -0.4 is 10.6 Å². The van der Waals surface area contributed by atoms with Crippen molar-refractivity contribution in [3.8, 4) is 0 Å². The van der Waals surface area contributed by atoms with Crippen LogP contribution in [0.3, 0.4) is 0 Å². The van der Waals surface area contributed by atoms with Crippen molar-refractivity contribution in [2.75, 3.05) is 11.9 Å². The number of amides is 1. The summed E-state index contributed by atoms with van der Waals surface area (Å²) in [6.07, 6.45) is 3.99. The Kier molecular flexibility index (Phi) is 4.47. The van der Waals surface area contributed by atoms with Crippen molar-refractivity contribution in [3.05, 3.63) is 29.8 Å². The fourth-order valence-electron chi connectivity index (χ4n) is 2.24. The number of Topliss-reactive ketones (excluding diaryl/α,β-unsaturated/α-hetero) is 1. The first kappa shape index (κ1) is 12.8. The van der Waals surface area contributed by atoms with Crippen molar-refractivity contribution in [3.63, 3.8) is 0 Å². The minimum atomic E-state index is 0.369. The molecule has 1 amide bonds. The Balaban J connectivity index is 1.72. The van der Waals surface area contributed by atoms with Gasteiger partial charge >= 0.3 is 0 Å². The minimum absolute atomic E-state index is 0.369. The van der Waals surface area contributed by atoms with Crippen molar-refractivity contribution < 1.29 is 9.59 Å². The Morgan fingerprint density at radius 2 is 2.06 bits per heavy atom. The molecule has 0 aliphatic heterocycles. The van der Waals surface area contributed by atoms with E-state index in [1.165, 1.54) is 5.56 Å². The molecular formula is C14H18N2O2. The lowest BCUT2D eigenvalue weighted by Gasteiger charge is -2.10. The number of carbonyl (C=O) groups excluding carboxylic acids is 2. The van der Waals surface area contributed by atoms with Gasteiger partial charge in [-0.1, -0.05) is 12.1 Å². The monoisotopic (exact) mass is 246 g/mol. The topological polar surface area (TPSA) is 58.2 Å². The van der Waals surface area contributed by atoms with Crippen LogP contribution in [0.5, 0.6) is 0 Å². The standard InChI is InChI=1S/C14H18N2O2/c17-10-16-12-3-1-11(2-4-12)7-8-15-13-5-6-14(18)9-13/h1-4,10,13,15H,5-9H2,(H,16,17). The fourth-order valence-corrected chi connectivity index (χ4v) is 2.24. The summed E-state index contributed by atoms with van der Waals surface area (Å²) >= 11 is 0. The van der Waals surface area contributed by atoms with Crippen LogP contribution in [0, 0.1) is 0 Å². The van der Waals surface area contributed by atoms with Gasteiger partial charge in [-0.3, -0.25) is 9.59 Å².